The molecular formula is C14H30N2O2. The third-order valence-corrected chi connectivity index (χ3v) is 3.38. The Morgan fingerprint density at radius 3 is 2.78 bits per heavy atom. The van der Waals surface area contributed by atoms with E-state index in [0.29, 0.717) is 19.3 Å². The van der Waals surface area contributed by atoms with Gasteiger partial charge in [0, 0.05) is 32.8 Å². The maximum absolute atomic E-state index is 5.51. The van der Waals surface area contributed by atoms with Gasteiger partial charge in [-0.1, -0.05) is 6.92 Å². The summed E-state index contributed by atoms with van der Waals surface area (Å²) in [6.45, 7) is 9.27. The smallest absolute Gasteiger partial charge is 0.0700 e. The van der Waals surface area contributed by atoms with Crippen LogP contribution in [-0.4, -0.2) is 64.1 Å². The van der Waals surface area contributed by atoms with Crippen LogP contribution < -0.4 is 5.32 Å². The summed E-state index contributed by atoms with van der Waals surface area (Å²) >= 11 is 0. The SMILES string of the molecule is CCCN(CCCOCCOC)CC1CCCN1. The van der Waals surface area contributed by atoms with Crippen LogP contribution in [0.2, 0.25) is 0 Å². The first-order valence-corrected chi connectivity index (χ1v) is 7.39. The van der Waals surface area contributed by atoms with E-state index in [1.165, 1.54) is 38.9 Å². The second kappa shape index (κ2) is 10.7. The van der Waals surface area contributed by atoms with Gasteiger partial charge >= 0.3 is 0 Å². The summed E-state index contributed by atoms with van der Waals surface area (Å²) in [6, 6.07) is 0.714. The number of ether oxygens (including phenoxy) is 2. The Kier molecular flexibility index (Phi) is 9.48. The molecule has 1 saturated heterocycles. The summed E-state index contributed by atoms with van der Waals surface area (Å²) in [6.07, 6.45) is 5.03. The molecule has 0 saturated carbocycles. The van der Waals surface area contributed by atoms with Gasteiger partial charge in [0.1, 0.15) is 0 Å². The van der Waals surface area contributed by atoms with Crippen molar-refractivity contribution in [3.8, 4) is 0 Å². The van der Waals surface area contributed by atoms with Crippen molar-refractivity contribution < 1.29 is 9.47 Å². The van der Waals surface area contributed by atoms with Crippen molar-refractivity contribution in [2.24, 2.45) is 0 Å². The van der Waals surface area contributed by atoms with E-state index in [4.69, 9.17) is 9.47 Å². The molecule has 1 heterocycles. The molecule has 0 amide bonds. The molecule has 0 bridgehead atoms. The van der Waals surface area contributed by atoms with Gasteiger partial charge in [-0.05, 0) is 38.8 Å². The number of hydrogen-bond acceptors (Lipinski definition) is 4. The third kappa shape index (κ3) is 7.31. The van der Waals surface area contributed by atoms with Gasteiger partial charge in [-0.15, -0.1) is 0 Å². The molecule has 0 radical (unpaired) electrons. The van der Waals surface area contributed by atoms with Gasteiger partial charge in [0.25, 0.3) is 0 Å². The van der Waals surface area contributed by atoms with E-state index in [1.807, 2.05) is 0 Å². The van der Waals surface area contributed by atoms with E-state index >= 15 is 0 Å². The van der Waals surface area contributed by atoms with E-state index < -0.39 is 0 Å². The molecule has 4 nitrogen and oxygen atoms in total. The Morgan fingerprint density at radius 2 is 2.11 bits per heavy atom. The molecule has 1 fully saturated rings. The number of methoxy groups -OCH3 is 1. The van der Waals surface area contributed by atoms with Crippen LogP contribution in [0.15, 0.2) is 0 Å². The highest BCUT2D eigenvalue weighted by Gasteiger charge is 2.16. The predicted molar refractivity (Wildman–Crippen MR) is 75.1 cm³/mol. The van der Waals surface area contributed by atoms with Gasteiger partial charge in [-0.2, -0.15) is 0 Å². The van der Waals surface area contributed by atoms with E-state index in [0.717, 1.165) is 19.6 Å². The van der Waals surface area contributed by atoms with Gasteiger partial charge in [0.2, 0.25) is 0 Å². The van der Waals surface area contributed by atoms with Gasteiger partial charge in [0.15, 0.2) is 0 Å². The van der Waals surface area contributed by atoms with Crippen LogP contribution in [0.25, 0.3) is 0 Å². The number of hydrogen-bond donors (Lipinski definition) is 1. The van der Waals surface area contributed by atoms with Crippen LogP contribution in [0, 0.1) is 0 Å². The summed E-state index contributed by atoms with van der Waals surface area (Å²) in [5.41, 5.74) is 0. The standard InChI is InChI=1S/C14H30N2O2/c1-3-8-16(13-14-6-4-7-15-14)9-5-10-18-12-11-17-2/h14-15H,3-13H2,1-2H3. The lowest BCUT2D eigenvalue weighted by Gasteiger charge is -2.25. The van der Waals surface area contributed by atoms with Crippen molar-refractivity contribution in [3.05, 3.63) is 0 Å². The lowest BCUT2D eigenvalue weighted by molar-refractivity contribution is 0.0648. The summed E-state index contributed by atoms with van der Waals surface area (Å²) in [4.78, 5) is 2.57. The van der Waals surface area contributed by atoms with E-state index in [2.05, 4.69) is 17.1 Å². The molecule has 1 N–H and O–H groups in total. The summed E-state index contributed by atoms with van der Waals surface area (Å²) in [5, 5.41) is 3.57. The van der Waals surface area contributed by atoms with E-state index in [9.17, 15) is 0 Å². The van der Waals surface area contributed by atoms with Gasteiger partial charge in [-0.25, -0.2) is 0 Å². The highest BCUT2D eigenvalue weighted by Crippen LogP contribution is 2.07. The molecular weight excluding hydrogens is 228 g/mol. The van der Waals surface area contributed by atoms with Crippen molar-refractivity contribution in [1.82, 2.24) is 10.2 Å². The van der Waals surface area contributed by atoms with Crippen LogP contribution in [-0.2, 0) is 9.47 Å². The van der Waals surface area contributed by atoms with Gasteiger partial charge in [0.05, 0.1) is 13.2 Å². The van der Waals surface area contributed by atoms with Gasteiger partial charge < -0.3 is 19.7 Å². The second-order valence-electron chi connectivity index (χ2n) is 5.05. The van der Waals surface area contributed by atoms with Crippen molar-refractivity contribution in [3.63, 3.8) is 0 Å². The van der Waals surface area contributed by atoms with E-state index in [-0.39, 0.29) is 0 Å². The minimum atomic E-state index is 0.699. The molecule has 1 atom stereocenters. The largest absolute Gasteiger partial charge is 0.382 e. The summed E-state index contributed by atoms with van der Waals surface area (Å²) in [7, 11) is 1.71. The molecule has 0 aromatic rings. The molecule has 1 rings (SSSR count). The molecule has 18 heavy (non-hydrogen) atoms. The Balaban J connectivity index is 2.05. The predicted octanol–water partition coefficient (Wildman–Crippen LogP) is 1.50. The average molecular weight is 258 g/mol. The molecule has 0 aromatic carbocycles. The first kappa shape index (κ1) is 15.9. The highest BCUT2D eigenvalue weighted by molar-refractivity contribution is 4.77. The van der Waals surface area contributed by atoms with Crippen molar-refractivity contribution >= 4 is 0 Å². The van der Waals surface area contributed by atoms with Crippen LogP contribution in [0.1, 0.15) is 32.6 Å². The number of nitrogens with one attached hydrogen (secondary N) is 1. The van der Waals surface area contributed by atoms with Crippen LogP contribution >= 0.6 is 0 Å². The zero-order chi connectivity index (χ0) is 13.1. The van der Waals surface area contributed by atoms with Crippen molar-refractivity contribution in [2.45, 2.75) is 38.6 Å². The summed E-state index contributed by atoms with van der Waals surface area (Å²) < 4.78 is 10.5. The van der Waals surface area contributed by atoms with Crippen molar-refractivity contribution in [2.75, 3.05) is 53.1 Å². The molecule has 108 valence electrons. The lowest BCUT2D eigenvalue weighted by Crippen LogP contribution is -2.38. The lowest BCUT2D eigenvalue weighted by atomic mass is 10.2. The molecule has 4 heteroatoms. The van der Waals surface area contributed by atoms with Gasteiger partial charge in [-0.3, -0.25) is 0 Å². The minimum Gasteiger partial charge on any atom is -0.382 e. The quantitative estimate of drug-likeness (QED) is 0.570. The number of nitrogens with zero attached hydrogens (tertiary/aromatic N) is 1. The number of rotatable bonds is 11. The molecule has 1 aliphatic heterocycles. The first-order chi connectivity index (χ1) is 8.86. The molecule has 0 aliphatic carbocycles. The second-order valence-corrected chi connectivity index (χ2v) is 5.05. The topological polar surface area (TPSA) is 33.7 Å². The van der Waals surface area contributed by atoms with Crippen LogP contribution in [0.5, 0.6) is 0 Å². The van der Waals surface area contributed by atoms with E-state index in [1.54, 1.807) is 7.11 Å². The third-order valence-electron chi connectivity index (χ3n) is 3.38. The molecule has 1 unspecified atom stereocenters. The maximum Gasteiger partial charge on any atom is 0.0700 e. The maximum atomic E-state index is 5.51. The monoisotopic (exact) mass is 258 g/mol. The normalized spacial score (nSPS) is 19.8. The van der Waals surface area contributed by atoms with Crippen molar-refractivity contribution in [1.29, 1.82) is 0 Å². The molecule has 0 spiro atoms. The van der Waals surface area contributed by atoms with Crippen LogP contribution in [0.4, 0.5) is 0 Å². The fraction of sp³-hybridized carbons (Fsp3) is 1.00. The first-order valence-electron chi connectivity index (χ1n) is 7.39. The zero-order valence-corrected chi connectivity index (χ0v) is 12.1. The molecule has 1 aliphatic rings. The Hall–Kier alpha value is -0.160. The highest BCUT2D eigenvalue weighted by atomic mass is 16.5. The Bertz CT molecular complexity index is 185. The van der Waals surface area contributed by atoms with Crippen LogP contribution in [0.3, 0.4) is 0 Å². The molecule has 0 aromatic heterocycles. The summed E-state index contributed by atoms with van der Waals surface area (Å²) in [5.74, 6) is 0. The fourth-order valence-electron chi connectivity index (χ4n) is 2.47. The zero-order valence-electron chi connectivity index (χ0n) is 12.1. The minimum absolute atomic E-state index is 0.699. The fourth-order valence-corrected chi connectivity index (χ4v) is 2.47. The Morgan fingerprint density at radius 1 is 1.22 bits per heavy atom. The Labute approximate surface area is 112 Å². The average Bonchev–Trinajstić information content (AvgIpc) is 2.86.